The minimum absolute atomic E-state index is 0.118. The van der Waals surface area contributed by atoms with Gasteiger partial charge in [-0.3, -0.25) is 4.79 Å². The standard InChI is InChI=1S/C21H27N3OS/c1-13-3-5-15(6-4-13)11-19-14(2)22-21(26-19)24-20(25)12-16-9-17-7-8-18(10-16)23-17/h3-6,16-18,23H,7-12H2,1-2H3,(H,22,24,25). The molecule has 2 bridgehead atoms. The van der Waals surface area contributed by atoms with Crippen LogP contribution in [0.25, 0.3) is 0 Å². The van der Waals surface area contributed by atoms with Gasteiger partial charge in [-0.2, -0.15) is 0 Å². The topological polar surface area (TPSA) is 54.0 Å². The first-order chi connectivity index (χ1) is 12.5. The summed E-state index contributed by atoms with van der Waals surface area (Å²) in [5.41, 5.74) is 3.57. The highest BCUT2D eigenvalue weighted by Crippen LogP contribution is 2.33. The molecule has 1 aromatic heterocycles. The maximum Gasteiger partial charge on any atom is 0.226 e. The summed E-state index contributed by atoms with van der Waals surface area (Å²) >= 11 is 1.61. The molecule has 1 aromatic carbocycles. The van der Waals surface area contributed by atoms with Crippen LogP contribution in [0.2, 0.25) is 0 Å². The SMILES string of the molecule is Cc1ccc(Cc2sc(NC(=O)CC3CC4CCC(C3)N4)nc2C)cc1. The van der Waals surface area contributed by atoms with Crippen molar-refractivity contribution in [2.75, 3.05) is 5.32 Å². The summed E-state index contributed by atoms with van der Waals surface area (Å²) in [6.45, 7) is 4.13. The second-order valence-electron chi connectivity index (χ2n) is 7.92. The number of benzene rings is 1. The van der Waals surface area contributed by atoms with E-state index in [1.54, 1.807) is 11.3 Å². The van der Waals surface area contributed by atoms with E-state index in [1.807, 2.05) is 6.92 Å². The van der Waals surface area contributed by atoms with Crippen molar-refractivity contribution in [3.8, 4) is 0 Å². The minimum Gasteiger partial charge on any atom is -0.311 e. The Morgan fingerprint density at radius 1 is 1.19 bits per heavy atom. The zero-order chi connectivity index (χ0) is 18.1. The molecule has 2 atom stereocenters. The van der Waals surface area contributed by atoms with Gasteiger partial charge in [-0.25, -0.2) is 4.98 Å². The maximum absolute atomic E-state index is 12.5. The number of anilines is 1. The number of carbonyl (C=O) groups is 1. The first kappa shape index (κ1) is 17.7. The van der Waals surface area contributed by atoms with Crippen molar-refractivity contribution in [1.82, 2.24) is 10.3 Å². The van der Waals surface area contributed by atoms with Crippen LogP contribution < -0.4 is 10.6 Å². The van der Waals surface area contributed by atoms with E-state index in [0.29, 0.717) is 24.4 Å². The summed E-state index contributed by atoms with van der Waals surface area (Å²) in [6.07, 6.45) is 6.32. The van der Waals surface area contributed by atoms with E-state index in [4.69, 9.17) is 0 Å². The van der Waals surface area contributed by atoms with Gasteiger partial charge in [0.2, 0.25) is 5.91 Å². The fourth-order valence-electron chi connectivity index (χ4n) is 4.31. The highest BCUT2D eigenvalue weighted by Gasteiger charge is 2.34. The zero-order valence-corrected chi connectivity index (χ0v) is 16.4. The molecule has 3 heterocycles. The molecule has 2 aliphatic heterocycles. The number of amides is 1. The number of carbonyl (C=O) groups excluding carboxylic acids is 1. The zero-order valence-electron chi connectivity index (χ0n) is 15.5. The van der Waals surface area contributed by atoms with Gasteiger partial charge in [0.15, 0.2) is 5.13 Å². The van der Waals surface area contributed by atoms with Gasteiger partial charge >= 0.3 is 0 Å². The third-order valence-corrected chi connectivity index (χ3v) is 6.74. The van der Waals surface area contributed by atoms with E-state index < -0.39 is 0 Å². The van der Waals surface area contributed by atoms with Crippen LogP contribution in [0.1, 0.15) is 53.8 Å². The number of rotatable bonds is 5. The van der Waals surface area contributed by atoms with Crippen molar-refractivity contribution < 1.29 is 4.79 Å². The highest BCUT2D eigenvalue weighted by atomic mass is 32.1. The molecule has 138 valence electrons. The summed E-state index contributed by atoms with van der Waals surface area (Å²) in [4.78, 5) is 18.3. The lowest BCUT2D eigenvalue weighted by Crippen LogP contribution is -2.39. The van der Waals surface area contributed by atoms with E-state index in [-0.39, 0.29) is 5.91 Å². The van der Waals surface area contributed by atoms with Crippen molar-refractivity contribution in [1.29, 1.82) is 0 Å². The van der Waals surface area contributed by atoms with E-state index in [0.717, 1.165) is 30.1 Å². The van der Waals surface area contributed by atoms with Gasteiger partial charge in [-0.05, 0) is 51.0 Å². The third-order valence-electron chi connectivity index (χ3n) is 5.67. The van der Waals surface area contributed by atoms with Gasteiger partial charge < -0.3 is 10.6 Å². The maximum atomic E-state index is 12.5. The molecule has 1 amide bonds. The predicted molar refractivity (Wildman–Crippen MR) is 107 cm³/mol. The van der Waals surface area contributed by atoms with Crippen LogP contribution in [0, 0.1) is 19.8 Å². The van der Waals surface area contributed by atoms with Crippen LogP contribution in [0.4, 0.5) is 5.13 Å². The summed E-state index contributed by atoms with van der Waals surface area (Å²) in [5.74, 6) is 0.633. The molecule has 2 N–H and O–H groups in total. The molecular formula is C21H27N3OS. The van der Waals surface area contributed by atoms with Crippen molar-refractivity contribution in [2.45, 2.75) is 64.5 Å². The number of aromatic nitrogens is 1. The van der Waals surface area contributed by atoms with Gasteiger partial charge in [-0.15, -0.1) is 11.3 Å². The summed E-state index contributed by atoms with van der Waals surface area (Å²) in [7, 11) is 0. The molecule has 4 rings (SSSR count). The van der Waals surface area contributed by atoms with Crippen LogP contribution in [0.5, 0.6) is 0 Å². The number of nitrogens with zero attached hydrogens (tertiary/aromatic N) is 1. The van der Waals surface area contributed by atoms with Crippen LogP contribution >= 0.6 is 11.3 Å². The van der Waals surface area contributed by atoms with E-state index in [2.05, 4.69) is 46.8 Å². The van der Waals surface area contributed by atoms with Crippen molar-refractivity contribution in [2.24, 2.45) is 5.92 Å². The molecule has 2 fully saturated rings. The Bertz CT molecular complexity index is 771. The smallest absolute Gasteiger partial charge is 0.226 e. The third kappa shape index (κ3) is 4.15. The summed E-state index contributed by atoms with van der Waals surface area (Å²) in [6, 6.07) is 9.88. The van der Waals surface area contributed by atoms with E-state index in [9.17, 15) is 4.79 Å². The number of hydrogen-bond donors (Lipinski definition) is 2. The average molecular weight is 370 g/mol. The molecule has 2 aromatic rings. The average Bonchev–Trinajstić information content (AvgIpc) is 3.11. The number of nitrogens with one attached hydrogen (secondary N) is 2. The van der Waals surface area contributed by atoms with Gasteiger partial charge in [-0.1, -0.05) is 29.8 Å². The molecule has 0 saturated carbocycles. The number of aryl methyl sites for hydroxylation is 2. The van der Waals surface area contributed by atoms with Crippen molar-refractivity contribution in [3.63, 3.8) is 0 Å². The Labute approximate surface area is 159 Å². The normalized spacial score (nSPS) is 24.6. The summed E-state index contributed by atoms with van der Waals surface area (Å²) in [5, 5.41) is 7.42. The molecule has 0 radical (unpaired) electrons. The number of fused-ring (bicyclic) bond motifs is 2. The monoisotopic (exact) mass is 369 g/mol. The molecule has 0 spiro atoms. The van der Waals surface area contributed by atoms with Crippen LogP contribution in [-0.2, 0) is 11.2 Å². The van der Waals surface area contributed by atoms with Crippen molar-refractivity contribution >= 4 is 22.4 Å². The van der Waals surface area contributed by atoms with Gasteiger partial charge in [0.05, 0.1) is 5.69 Å². The minimum atomic E-state index is 0.118. The number of hydrogen-bond acceptors (Lipinski definition) is 4. The lowest BCUT2D eigenvalue weighted by Gasteiger charge is -2.28. The Morgan fingerprint density at radius 3 is 2.58 bits per heavy atom. The number of piperidine rings is 1. The Kier molecular flexibility index (Phi) is 5.09. The Hall–Kier alpha value is -1.72. The second kappa shape index (κ2) is 7.49. The molecule has 5 heteroatoms. The van der Waals surface area contributed by atoms with E-state index in [1.165, 1.54) is 28.8 Å². The summed E-state index contributed by atoms with van der Waals surface area (Å²) < 4.78 is 0. The molecule has 4 nitrogen and oxygen atoms in total. The molecule has 2 unspecified atom stereocenters. The van der Waals surface area contributed by atoms with Crippen LogP contribution in [-0.4, -0.2) is 23.0 Å². The lowest BCUT2D eigenvalue weighted by molar-refractivity contribution is -0.117. The van der Waals surface area contributed by atoms with E-state index >= 15 is 0 Å². The largest absolute Gasteiger partial charge is 0.311 e. The van der Waals surface area contributed by atoms with Gasteiger partial charge in [0.25, 0.3) is 0 Å². The molecule has 2 aliphatic rings. The Morgan fingerprint density at radius 2 is 1.88 bits per heavy atom. The molecule has 26 heavy (non-hydrogen) atoms. The van der Waals surface area contributed by atoms with Crippen molar-refractivity contribution in [3.05, 3.63) is 46.0 Å². The van der Waals surface area contributed by atoms with Gasteiger partial charge in [0.1, 0.15) is 0 Å². The fourth-order valence-corrected chi connectivity index (χ4v) is 5.32. The molecular weight excluding hydrogens is 342 g/mol. The predicted octanol–water partition coefficient (Wildman–Crippen LogP) is 4.21. The Balaban J connectivity index is 1.34. The second-order valence-corrected chi connectivity index (χ2v) is 9.00. The van der Waals surface area contributed by atoms with Gasteiger partial charge in [0, 0.05) is 29.8 Å². The first-order valence-electron chi connectivity index (χ1n) is 9.63. The molecule has 2 saturated heterocycles. The highest BCUT2D eigenvalue weighted by molar-refractivity contribution is 7.15. The lowest BCUT2D eigenvalue weighted by atomic mass is 9.89. The number of thiazole rings is 1. The fraction of sp³-hybridized carbons (Fsp3) is 0.524. The van der Waals surface area contributed by atoms with Crippen LogP contribution in [0.3, 0.4) is 0 Å². The molecule has 0 aliphatic carbocycles. The first-order valence-corrected chi connectivity index (χ1v) is 10.4. The quantitative estimate of drug-likeness (QED) is 0.830. The van der Waals surface area contributed by atoms with Crippen LogP contribution in [0.15, 0.2) is 24.3 Å².